The van der Waals surface area contributed by atoms with E-state index in [1.165, 1.54) is 0 Å². The van der Waals surface area contributed by atoms with Crippen LogP contribution in [0.2, 0.25) is 0 Å². The number of carbonyl (C=O) groups is 2. The lowest BCUT2D eigenvalue weighted by atomic mass is 9.77. The third kappa shape index (κ3) is 6.77. The molecule has 0 spiro atoms. The third-order valence-corrected chi connectivity index (χ3v) is 4.43. The Labute approximate surface area is 151 Å². The maximum absolute atomic E-state index is 12.7. The van der Waals surface area contributed by atoms with Crippen LogP contribution in [0.25, 0.3) is 0 Å². The highest BCUT2D eigenvalue weighted by Crippen LogP contribution is 2.31. The van der Waals surface area contributed by atoms with E-state index in [-0.39, 0.29) is 6.61 Å². The first kappa shape index (κ1) is 21.0. The van der Waals surface area contributed by atoms with E-state index in [0.717, 1.165) is 18.4 Å². The first-order chi connectivity index (χ1) is 11.6. The molecule has 0 unspecified atom stereocenters. The van der Waals surface area contributed by atoms with Gasteiger partial charge in [-0.3, -0.25) is 0 Å². The van der Waals surface area contributed by atoms with Gasteiger partial charge in [-0.05, 0) is 44.6 Å². The average molecular weight is 349 g/mol. The molecule has 0 aliphatic carbocycles. The molecule has 0 radical (unpaired) electrons. The number of nitrogens with one attached hydrogen (secondary N) is 1. The second-order valence-electron chi connectivity index (χ2n) is 7.53. The first-order valence-corrected chi connectivity index (χ1v) is 8.81. The van der Waals surface area contributed by atoms with Crippen LogP contribution >= 0.6 is 0 Å². The van der Waals surface area contributed by atoms with Crippen LogP contribution in [0.1, 0.15) is 59.9 Å². The van der Waals surface area contributed by atoms with E-state index in [9.17, 15) is 9.59 Å². The van der Waals surface area contributed by atoms with Crippen LogP contribution in [0.5, 0.6) is 0 Å². The largest absolute Gasteiger partial charge is 0.459 e. The topological polar surface area (TPSA) is 64.6 Å². The highest BCUT2D eigenvalue weighted by Gasteiger charge is 2.39. The van der Waals surface area contributed by atoms with Crippen molar-refractivity contribution in [3.05, 3.63) is 35.9 Å². The number of ether oxygens (including phenoxy) is 2. The Hall–Kier alpha value is -2.04. The lowest BCUT2D eigenvalue weighted by Crippen LogP contribution is -2.52. The van der Waals surface area contributed by atoms with E-state index in [1.54, 1.807) is 20.8 Å². The van der Waals surface area contributed by atoms with Crippen LogP contribution in [0, 0.1) is 5.41 Å². The molecule has 1 rings (SSSR count). The number of alkyl carbamates (subject to hydrolysis) is 1. The van der Waals surface area contributed by atoms with Crippen LogP contribution in [-0.4, -0.2) is 23.7 Å². The summed E-state index contributed by atoms with van der Waals surface area (Å²) in [6.45, 7) is 11.5. The third-order valence-electron chi connectivity index (χ3n) is 4.43. The second kappa shape index (κ2) is 8.88. The van der Waals surface area contributed by atoms with Crippen molar-refractivity contribution in [3.8, 4) is 0 Å². The first-order valence-electron chi connectivity index (χ1n) is 8.81. The van der Waals surface area contributed by atoms with E-state index < -0.39 is 29.1 Å². The molecule has 1 amide bonds. The molecule has 0 aliphatic heterocycles. The van der Waals surface area contributed by atoms with Gasteiger partial charge < -0.3 is 14.8 Å². The van der Waals surface area contributed by atoms with Gasteiger partial charge in [-0.15, -0.1) is 0 Å². The lowest BCUT2D eigenvalue weighted by Gasteiger charge is -2.35. The van der Waals surface area contributed by atoms with Gasteiger partial charge in [0, 0.05) is 0 Å². The van der Waals surface area contributed by atoms with Crippen molar-refractivity contribution in [1.82, 2.24) is 5.32 Å². The van der Waals surface area contributed by atoms with E-state index in [4.69, 9.17) is 9.47 Å². The maximum atomic E-state index is 12.7. The van der Waals surface area contributed by atoms with Crippen molar-refractivity contribution in [2.75, 3.05) is 0 Å². The van der Waals surface area contributed by atoms with Crippen molar-refractivity contribution in [1.29, 1.82) is 0 Å². The summed E-state index contributed by atoms with van der Waals surface area (Å²) >= 11 is 0. The Morgan fingerprint density at radius 3 is 2.08 bits per heavy atom. The minimum atomic E-state index is -0.763. The molecule has 5 nitrogen and oxygen atoms in total. The van der Waals surface area contributed by atoms with Gasteiger partial charge in [0.1, 0.15) is 18.2 Å². The standard InChI is InChI=1S/C20H31NO4/c1-7-20(6,8-2)16(21-18(23)25-19(3,4)5)17(22)24-14-15-12-10-9-11-13-15/h9-13,16H,7-8,14H2,1-6H3,(H,21,23)/t16-/m0/s1. The molecule has 0 heterocycles. The summed E-state index contributed by atoms with van der Waals surface area (Å²) in [4.78, 5) is 24.9. The summed E-state index contributed by atoms with van der Waals surface area (Å²) in [6, 6.07) is 8.71. The fraction of sp³-hybridized carbons (Fsp3) is 0.600. The Kier molecular flexibility index (Phi) is 7.46. The maximum Gasteiger partial charge on any atom is 0.408 e. The van der Waals surface area contributed by atoms with Gasteiger partial charge >= 0.3 is 12.1 Å². The minimum Gasteiger partial charge on any atom is -0.459 e. The Morgan fingerprint density at radius 2 is 1.60 bits per heavy atom. The molecule has 0 bridgehead atoms. The predicted molar refractivity (Wildman–Crippen MR) is 98.1 cm³/mol. The summed E-state index contributed by atoms with van der Waals surface area (Å²) in [7, 11) is 0. The lowest BCUT2D eigenvalue weighted by molar-refractivity contribution is -0.151. The summed E-state index contributed by atoms with van der Waals surface area (Å²) < 4.78 is 10.8. The van der Waals surface area contributed by atoms with Gasteiger partial charge in [0.25, 0.3) is 0 Å². The van der Waals surface area contributed by atoms with Gasteiger partial charge in [-0.2, -0.15) is 0 Å². The second-order valence-corrected chi connectivity index (χ2v) is 7.53. The van der Waals surface area contributed by atoms with Crippen molar-refractivity contribution in [2.45, 2.75) is 72.6 Å². The van der Waals surface area contributed by atoms with Crippen LogP contribution < -0.4 is 5.32 Å². The fourth-order valence-corrected chi connectivity index (χ4v) is 2.41. The Morgan fingerprint density at radius 1 is 1.04 bits per heavy atom. The minimum absolute atomic E-state index is 0.176. The summed E-state index contributed by atoms with van der Waals surface area (Å²) in [5.74, 6) is -0.444. The van der Waals surface area contributed by atoms with Crippen LogP contribution in [0.4, 0.5) is 4.79 Å². The molecule has 1 N–H and O–H groups in total. The molecule has 0 aliphatic rings. The van der Waals surface area contributed by atoms with E-state index in [2.05, 4.69) is 5.32 Å². The number of carbonyl (C=O) groups excluding carboxylic acids is 2. The molecular formula is C20H31NO4. The van der Waals surface area contributed by atoms with Crippen molar-refractivity contribution in [3.63, 3.8) is 0 Å². The van der Waals surface area contributed by atoms with Gasteiger partial charge in [0.15, 0.2) is 0 Å². The molecule has 1 aromatic carbocycles. The quantitative estimate of drug-likeness (QED) is 0.739. The van der Waals surface area contributed by atoms with E-state index in [0.29, 0.717) is 0 Å². The predicted octanol–water partition coefficient (Wildman–Crippen LogP) is 4.45. The monoisotopic (exact) mass is 349 g/mol. The zero-order valence-electron chi connectivity index (χ0n) is 16.2. The van der Waals surface area contributed by atoms with Crippen molar-refractivity contribution in [2.24, 2.45) is 5.41 Å². The van der Waals surface area contributed by atoms with Crippen LogP contribution in [-0.2, 0) is 20.9 Å². The normalized spacial score (nSPS) is 13.0. The Bertz CT molecular complexity index is 559. The molecule has 0 saturated heterocycles. The smallest absolute Gasteiger partial charge is 0.408 e. The molecule has 0 aromatic heterocycles. The number of amides is 1. The van der Waals surface area contributed by atoms with E-state index >= 15 is 0 Å². The molecule has 140 valence electrons. The van der Waals surface area contributed by atoms with Gasteiger partial charge in [0.05, 0.1) is 0 Å². The van der Waals surface area contributed by atoms with Crippen LogP contribution in [0.15, 0.2) is 30.3 Å². The fourth-order valence-electron chi connectivity index (χ4n) is 2.41. The summed E-state index contributed by atoms with van der Waals surface area (Å²) in [6.07, 6.45) is 0.844. The number of hydrogen-bond donors (Lipinski definition) is 1. The summed E-state index contributed by atoms with van der Waals surface area (Å²) in [5.41, 5.74) is -0.135. The average Bonchev–Trinajstić information content (AvgIpc) is 2.56. The van der Waals surface area contributed by atoms with Gasteiger partial charge in [-0.1, -0.05) is 51.1 Å². The van der Waals surface area contributed by atoms with Gasteiger partial charge in [0.2, 0.25) is 0 Å². The molecule has 1 aromatic rings. The van der Waals surface area contributed by atoms with Gasteiger partial charge in [-0.25, -0.2) is 9.59 Å². The van der Waals surface area contributed by atoms with Crippen molar-refractivity contribution >= 4 is 12.1 Å². The molecule has 25 heavy (non-hydrogen) atoms. The Balaban J connectivity index is 2.86. The zero-order chi connectivity index (χ0) is 19.1. The van der Waals surface area contributed by atoms with E-state index in [1.807, 2.05) is 51.1 Å². The number of hydrogen-bond acceptors (Lipinski definition) is 4. The van der Waals surface area contributed by atoms with Crippen molar-refractivity contribution < 1.29 is 19.1 Å². The number of rotatable bonds is 7. The number of esters is 1. The van der Waals surface area contributed by atoms with Crippen LogP contribution in [0.3, 0.4) is 0 Å². The zero-order valence-corrected chi connectivity index (χ0v) is 16.2. The molecule has 5 heteroatoms. The molecular weight excluding hydrogens is 318 g/mol. The molecule has 1 atom stereocenters. The number of benzene rings is 1. The summed E-state index contributed by atoms with van der Waals surface area (Å²) in [5, 5.41) is 2.72. The molecule has 0 fully saturated rings. The highest BCUT2D eigenvalue weighted by molar-refractivity contribution is 5.82. The highest BCUT2D eigenvalue weighted by atomic mass is 16.6. The SMILES string of the molecule is CCC(C)(CC)[C@@H](NC(=O)OC(C)(C)C)C(=O)OCc1ccccc1. The molecule has 0 saturated carbocycles.